The highest BCUT2D eigenvalue weighted by atomic mass is 35.5. The predicted octanol–water partition coefficient (Wildman–Crippen LogP) is 3.43. The standard InChI is InChI=1S/C13H10ClFN2O/c1-8-2-3-10(11(15)6-8)13(18)17-12-7-9(14)4-5-16-12/h2-7H,1H3,(H,16,17,18). The van der Waals surface area contributed by atoms with Crippen molar-refractivity contribution in [2.45, 2.75) is 6.92 Å². The third kappa shape index (κ3) is 2.84. The highest BCUT2D eigenvalue weighted by molar-refractivity contribution is 6.30. The maximum atomic E-state index is 13.6. The molecule has 0 aliphatic carbocycles. The second-order valence-corrected chi connectivity index (χ2v) is 4.23. The van der Waals surface area contributed by atoms with Gasteiger partial charge in [-0.1, -0.05) is 17.7 Å². The lowest BCUT2D eigenvalue weighted by Crippen LogP contribution is -2.14. The minimum atomic E-state index is -0.561. The Morgan fingerprint density at radius 2 is 2.11 bits per heavy atom. The summed E-state index contributed by atoms with van der Waals surface area (Å²) >= 11 is 5.76. The van der Waals surface area contributed by atoms with Crippen LogP contribution in [0.25, 0.3) is 0 Å². The van der Waals surface area contributed by atoms with Crippen molar-refractivity contribution in [3.8, 4) is 0 Å². The number of nitrogens with one attached hydrogen (secondary N) is 1. The summed E-state index contributed by atoms with van der Waals surface area (Å²) < 4.78 is 13.6. The van der Waals surface area contributed by atoms with Crippen LogP contribution in [0.4, 0.5) is 10.2 Å². The summed E-state index contributed by atoms with van der Waals surface area (Å²) in [5.74, 6) is -0.829. The fourth-order valence-corrected chi connectivity index (χ4v) is 1.62. The fraction of sp³-hybridized carbons (Fsp3) is 0.0769. The smallest absolute Gasteiger partial charge is 0.259 e. The van der Waals surface area contributed by atoms with Gasteiger partial charge in [-0.2, -0.15) is 0 Å². The van der Waals surface area contributed by atoms with E-state index in [2.05, 4.69) is 10.3 Å². The molecule has 3 nitrogen and oxygen atoms in total. The second-order valence-electron chi connectivity index (χ2n) is 3.80. The summed E-state index contributed by atoms with van der Waals surface area (Å²) in [4.78, 5) is 15.7. The highest BCUT2D eigenvalue weighted by Gasteiger charge is 2.12. The van der Waals surface area contributed by atoms with Crippen molar-refractivity contribution >= 4 is 23.3 Å². The summed E-state index contributed by atoms with van der Waals surface area (Å²) in [6.07, 6.45) is 1.46. The predicted molar refractivity (Wildman–Crippen MR) is 68.3 cm³/mol. The molecule has 0 atom stereocenters. The molecule has 1 aromatic heterocycles. The van der Waals surface area contributed by atoms with E-state index >= 15 is 0 Å². The average molecular weight is 265 g/mol. The van der Waals surface area contributed by atoms with E-state index in [1.807, 2.05) is 0 Å². The molecule has 1 heterocycles. The van der Waals surface area contributed by atoms with Crippen molar-refractivity contribution in [1.82, 2.24) is 4.98 Å². The van der Waals surface area contributed by atoms with E-state index in [1.54, 1.807) is 19.1 Å². The molecule has 0 fully saturated rings. The van der Waals surface area contributed by atoms with Crippen molar-refractivity contribution in [3.63, 3.8) is 0 Å². The van der Waals surface area contributed by atoms with Crippen LogP contribution in [0.3, 0.4) is 0 Å². The Bertz CT molecular complexity index is 601. The molecule has 0 aliphatic heterocycles. The molecule has 1 amide bonds. The van der Waals surface area contributed by atoms with Gasteiger partial charge in [0.05, 0.1) is 5.56 Å². The molecule has 1 aromatic carbocycles. The molecule has 0 spiro atoms. The Balaban J connectivity index is 2.22. The number of anilines is 1. The molecule has 0 bridgehead atoms. The van der Waals surface area contributed by atoms with E-state index < -0.39 is 11.7 Å². The molecule has 0 saturated heterocycles. The lowest BCUT2D eigenvalue weighted by atomic mass is 10.1. The van der Waals surface area contributed by atoms with E-state index in [4.69, 9.17) is 11.6 Å². The van der Waals surface area contributed by atoms with Crippen LogP contribution >= 0.6 is 11.6 Å². The largest absolute Gasteiger partial charge is 0.306 e. The first-order valence-corrected chi connectivity index (χ1v) is 5.63. The average Bonchev–Trinajstić information content (AvgIpc) is 2.28. The van der Waals surface area contributed by atoms with Crippen LogP contribution in [0, 0.1) is 12.7 Å². The Morgan fingerprint density at radius 3 is 2.78 bits per heavy atom. The summed E-state index contributed by atoms with van der Waals surface area (Å²) in [5.41, 5.74) is 0.729. The van der Waals surface area contributed by atoms with Crippen LogP contribution in [-0.4, -0.2) is 10.9 Å². The number of halogens is 2. The van der Waals surface area contributed by atoms with Gasteiger partial charge >= 0.3 is 0 Å². The maximum absolute atomic E-state index is 13.6. The zero-order valence-corrected chi connectivity index (χ0v) is 10.3. The molecule has 0 unspecified atom stereocenters. The molecular formula is C13H10ClFN2O. The lowest BCUT2D eigenvalue weighted by Gasteiger charge is -2.06. The molecule has 0 saturated carbocycles. The number of benzene rings is 1. The van der Waals surface area contributed by atoms with Gasteiger partial charge in [0.25, 0.3) is 5.91 Å². The summed E-state index contributed by atoms with van der Waals surface area (Å²) in [6.45, 7) is 1.75. The Hall–Kier alpha value is -1.94. The number of aromatic nitrogens is 1. The van der Waals surface area contributed by atoms with Crippen molar-refractivity contribution in [1.29, 1.82) is 0 Å². The number of nitrogens with zero attached hydrogens (tertiary/aromatic N) is 1. The Labute approximate surface area is 109 Å². The fourth-order valence-electron chi connectivity index (χ4n) is 1.46. The quantitative estimate of drug-likeness (QED) is 0.903. The van der Waals surface area contributed by atoms with Gasteiger partial charge < -0.3 is 5.32 Å². The van der Waals surface area contributed by atoms with Gasteiger partial charge in [0, 0.05) is 11.2 Å². The van der Waals surface area contributed by atoms with Crippen LogP contribution in [0.1, 0.15) is 15.9 Å². The van der Waals surface area contributed by atoms with Gasteiger partial charge in [-0.3, -0.25) is 4.79 Å². The third-order valence-corrected chi connectivity index (χ3v) is 2.57. The topological polar surface area (TPSA) is 42.0 Å². The zero-order valence-electron chi connectivity index (χ0n) is 9.58. The number of hydrogen-bond donors (Lipinski definition) is 1. The molecule has 2 aromatic rings. The molecule has 5 heteroatoms. The number of carbonyl (C=O) groups is 1. The van der Waals surface area contributed by atoms with Gasteiger partial charge in [0.15, 0.2) is 0 Å². The lowest BCUT2D eigenvalue weighted by molar-refractivity contribution is 0.102. The molecule has 0 radical (unpaired) electrons. The highest BCUT2D eigenvalue weighted by Crippen LogP contribution is 2.15. The van der Waals surface area contributed by atoms with Gasteiger partial charge in [-0.25, -0.2) is 9.37 Å². The van der Waals surface area contributed by atoms with Gasteiger partial charge in [0.2, 0.25) is 0 Å². The summed E-state index contributed by atoms with van der Waals surface area (Å²) in [6, 6.07) is 7.49. The van der Waals surface area contributed by atoms with Crippen LogP contribution in [0.2, 0.25) is 5.02 Å². The summed E-state index contributed by atoms with van der Waals surface area (Å²) in [7, 11) is 0. The number of aryl methyl sites for hydroxylation is 1. The molecular weight excluding hydrogens is 255 g/mol. The molecule has 18 heavy (non-hydrogen) atoms. The van der Waals surface area contributed by atoms with Gasteiger partial charge in [-0.05, 0) is 36.8 Å². The number of pyridine rings is 1. The first-order chi connectivity index (χ1) is 8.56. The minimum Gasteiger partial charge on any atom is -0.306 e. The first kappa shape index (κ1) is 12.5. The number of amides is 1. The monoisotopic (exact) mass is 264 g/mol. The van der Waals surface area contributed by atoms with E-state index in [0.717, 1.165) is 5.56 Å². The van der Waals surface area contributed by atoms with Gasteiger partial charge in [-0.15, -0.1) is 0 Å². The number of hydrogen-bond acceptors (Lipinski definition) is 2. The van der Waals surface area contributed by atoms with Crippen molar-refractivity contribution in [3.05, 3.63) is 58.5 Å². The Morgan fingerprint density at radius 1 is 1.33 bits per heavy atom. The Kier molecular flexibility index (Phi) is 3.58. The summed E-state index contributed by atoms with van der Waals surface area (Å²) in [5, 5.41) is 2.93. The minimum absolute atomic E-state index is 0.0256. The van der Waals surface area contributed by atoms with E-state index in [1.165, 1.54) is 24.4 Å². The van der Waals surface area contributed by atoms with Gasteiger partial charge in [0.1, 0.15) is 11.6 Å². The first-order valence-electron chi connectivity index (χ1n) is 5.25. The van der Waals surface area contributed by atoms with Crippen LogP contribution in [0.15, 0.2) is 36.5 Å². The second kappa shape index (κ2) is 5.14. The van der Waals surface area contributed by atoms with Crippen molar-refractivity contribution in [2.24, 2.45) is 0 Å². The van der Waals surface area contributed by atoms with E-state index in [0.29, 0.717) is 5.02 Å². The molecule has 1 N–H and O–H groups in total. The molecule has 2 rings (SSSR count). The molecule has 92 valence electrons. The number of rotatable bonds is 2. The third-order valence-electron chi connectivity index (χ3n) is 2.33. The number of carbonyl (C=O) groups excluding carboxylic acids is 1. The van der Waals surface area contributed by atoms with Crippen LogP contribution < -0.4 is 5.32 Å². The normalized spacial score (nSPS) is 10.2. The van der Waals surface area contributed by atoms with Crippen molar-refractivity contribution in [2.75, 3.05) is 5.32 Å². The van der Waals surface area contributed by atoms with Crippen molar-refractivity contribution < 1.29 is 9.18 Å². The maximum Gasteiger partial charge on any atom is 0.259 e. The molecule has 0 aliphatic rings. The van der Waals surface area contributed by atoms with E-state index in [9.17, 15) is 9.18 Å². The SMILES string of the molecule is Cc1ccc(C(=O)Nc2cc(Cl)ccn2)c(F)c1. The van der Waals surface area contributed by atoms with E-state index in [-0.39, 0.29) is 11.4 Å². The zero-order chi connectivity index (χ0) is 13.1. The van der Waals surface area contributed by atoms with Crippen LogP contribution in [-0.2, 0) is 0 Å². The van der Waals surface area contributed by atoms with Crippen LogP contribution in [0.5, 0.6) is 0 Å².